The maximum atomic E-state index is 11.4. The third-order valence-electron chi connectivity index (χ3n) is 7.14. The lowest BCUT2D eigenvalue weighted by Gasteiger charge is -2.45. The van der Waals surface area contributed by atoms with Crippen LogP contribution in [0.1, 0.15) is 12.1 Å². The van der Waals surface area contributed by atoms with Gasteiger partial charge in [-0.15, -0.1) is 33.3 Å². The highest BCUT2D eigenvalue weighted by Crippen LogP contribution is 2.41. The van der Waals surface area contributed by atoms with Crippen molar-refractivity contribution < 1.29 is 29.5 Å². The van der Waals surface area contributed by atoms with Gasteiger partial charge < -0.3 is 29.5 Å². The minimum absolute atomic E-state index is 0.271. The maximum Gasteiger partial charge on any atom is 0.145 e. The molecule has 15 heteroatoms. The molecule has 0 bridgehead atoms. The van der Waals surface area contributed by atoms with Gasteiger partial charge in [0.2, 0.25) is 0 Å². The van der Waals surface area contributed by atoms with Crippen LogP contribution in [0.5, 0.6) is 0 Å². The number of rotatable bonds is 8. The number of hydrogen-bond acceptors (Lipinski definition) is 13. The number of benzene rings is 1. The van der Waals surface area contributed by atoms with E-state index in [9.17, 15) is 15.3 Å². The van der Waals surface area contributed by atoms with Crippen LogP contribution in [0, 0.1) is 0 Å². The zero-order valence-electron chi connectivity index (χ0n) is 21.4. The summed E-state index contributed by atoms with van der Waals surface area (Å²) in [5.41, 5.74) is 1.52. The number of ether oxygens (including phenoxy) is 3. The minimum atomic E-state index is -1.12. The molecule has 0 spiro atoms. The Balaban J connectivity index is 1.21. The summed E-state index contributed by atoms with van der Waals surface area (Å²) in [5, 5.41) is 51.7. The van der Waals surface area contributed by atoms with Gasteiger partial charge in [0.1, 0.15) is 52.2 Å². The van der Waals surface area contributed by atoms with Crippen LogP contribution in [0.25, 0.3) is 22.0 Å². The predicted molar refractivity (Wildman–Crippen MR) is 145 cm³/mol. The average molecular weight is 588 g/mol. The first kappa shape index (κ1) is 27.4. The number of thiazole rings is 1. The van der Waals surface area contributed by atoms with Crippen molar-refractivity contribution in [3.8, 4) is 22.0 Å². The highest BCUT2D eigenvalue weighted by Gasteiger charge is 2.49. The van der Waals surface area contributed by atoms with Gasteiger partial charge in [-0.1, -0.05) is 40.8 Å². The van der Waals surface area contributed by atoms with Crippen molar-refractivity contribution in [3.63, 3.8) is 0 Å². The summed E-state index contributed by atoms with van der Waals surface area (Å²) < 4.78 is 21.0. The molecular formula is C25H29N7O6S2. The topological polar surface area (TPSA) is 163 Å². The van der Waals surface area contributed by atoms with Crippen molar-refractivity contribution in [2.45, 2.75) is 47.2 Å². The molecule has 3 N–H and O–H groups in total. The number of aromatic nitrogens is 7. The average Bonchev–Trinajstić information content (AvgIpc) is 3.77. The van der Waals surface area contributed by atoms with Crippen LogP contribution in [0.4, 0.5) is 0 Å². The van der Waals surface area contributed by atoms with Crippen LogP contribution in [0.3, 0.4) is 0 Å². The quantitative estimate of drug-likeness (QED) is 0.269. The molecular weight excluding hydrogens is 558 g/mol. The second-order valence-electron chi connectivity index (χ2n) is 9.55. The molecule has 8 atom stereocenters. The molecule has 6 rings (SSSR count). The molecule has 212 valence electrons. The fourth-order valence-electron chi connectivity index (χ4n) is 5.05. The van der Waals surface area contributed by atoms with Gasteiger partial charge >= 0.3 is 0 Å². The predicted octanol–water partition coefficient (Wildman–Crippen LogP) is 1.03. The first-order chi connectivity index (χ1) is 19.6. The van der Waals surface area contributed by atoms with Crippen molar-refractivity contribution in [3.05, 3.63) is 54.3 Å². The van der Waals surface area contributed by atoms with Crippen molar-refractivity contribution in [2.75, 3.05) is 26.9 Å². The number of nitrogens with zero attached hydrogens (tertiary/aromatic N) is 7. The molecule has 2 aliphatic rings. The van der Waals surface area contributed by atoms with Crippen molar-refractivity contribution in [2.24, 2.45) is 0 Å². The lowest BCUT2D eigenvalue weighted by molar-refractivity contribution is -0.186. The fourth-order valence-corrected chi connectivity index (χ4v) is 7.13. The van der Waals surface area contributed by atoms with E-state index in [0.717, 1.165) is 5.56 Å². The van der Waals surface area contributed by atoms with E-state index in [1.54, 1.807) is 23.3 Å². The Kier molecular flexibility index (Phi) is 8.22. The van der Waals surface area contributed by atoms with Gasteiger partial charge in [0.05, 0.1) is 43.6 Å². The van der Waals surface area contributed by atoms with Crippen molar-refractivity contribution in [1.29, 1.82) is 0 Å². The number of thioether (sulfide) groups is 1. The smallest absolute Gasteiger partial charge is 0.145 e. The van der Waals surface area contributed by atoms with Crippen molar-refractivity contribution in [1.82, 2.24) is 35.0 Å². The van der Waals surface area contributed by atoms with Crippen LogP contribution >= 0.6 is 23.1 Å². The Morgan fingerprint density at radius 3 is 2.58 bits per heavy atom. The Morgan fingerprint density at radius 2 is 1.82 bits per heavy atom. The molecule has 8 unspecified atom stereocenters. The van der Waals surface area contributed by atoms with E-state index in [2.05, 4.69) is 25.6 Å². The van der Waals surface area contributed by atoms with Crippen LogP contribution in [0.2, 0.25) is 0 Å². The van der Waals surface area contributed by atoms with E-state index < -0.39 is 53.8 Å². The summed E-state index contributed by atoms with van der Waals surface area (Å²) in [4.78, 5) is 4.27. The number of aliphatic hydroxyl groups is 3. The molecule has 0 amide bonds. The summed E-state index contributed by atoms with van der Waals surface area (Å²) in [6, 6.07) is 8.51. The van der Waals surface area contributed by atoms with E-state index in [0.29, 0.717) is 16.4 Å². The largest absolute Gasteiger partial charge is 0.394 e. The molecule has 3 aromatic heterocycles. The van der Waals surface area contributed by atoms with Gasteiger partial charge in [-0.25, -0.2) is 14.3 Å². The van der Waals surface area contributed by atoms with Gasteiger partial charge in [0.25, 0.3) is 0 Å². The van der Waals surface area contributed by atoms with Crippen LogP contribution in [-0.2, 0) is 14.2 Å². The van der Waals surface area contributed by atoms with E-state index in [1.807, 2.05) is 35.7 Å². The van der Waals surface area contributed by atoms with E-state index in [-0.39, 0.29) is 13.2 Å². The molecule has 0 radical (unpaired) electrons. The summed E-state index contributed by atoms with van der Waals surface area (Å²) in [6.45, 7) is 0.133. The lowest BCUT2D eigenvalue weighted by Crippen LogP contribution is -2.56. The van der Waals surface area contributed by atoms with E-state index in [4.69, 9.17) is 14.2 Å². The molecule has 13 nitrogen and oxygen atoms in total. The maximum absolute atomic E-state index is 11.4. The van der Waals surface area contributed by atoms with Gasteiger partial charge in [-0.2, -0.15) is 0 Å². The lowest BCUT2D eigenvalue weighted by atomic mass is 9.97. The van der Waals surface area contributed by atoms with Gasteiger partial charge in [0, 0.05) is 24.3 Å². The number of aliphatic hydroxyl groups excluding tert-OH is 3. The SMILES string of the molecule is COC1C(SC2COCC(n3cc(-c4ccccc4)nn3)C2O)OC(CO)C(O)C1n1cc(-c2nccs2)nn1. The highest BCUT2D eigenvalue weighted by molar-refractivity contribution is 8.00. The third-order valence-corrected chi connectivity index (χ3v) is 9.35. The molecule has 0 saturated carbocycles. The Labute approximate surface area is 237 Å². The molecule has 0 aliphatic carbocycles. The van der Waals surface area contributed by atoms with Gasteiger partial charge in [-0.3, -0.25) is 0 Å². The third kappa shape index (κ3) is 5.31. The summed E-state index contributed by atoms with van der Waals surface area (Å²) in [6.07, 6.45) is 1.63. The number of methoxy groups -OCH3 is 1. The molecule has 40 heavy (non-hydrogen) atoms. The molecule has 2 aliphatic heterocycles. The minimum Gasteiger partial charge on any atom is -0.394 e. The molecule has 2 fully saturated rings. The van der Waals surface area contributed by atoms with Gasteiger partial charge in [-0.05, 0) is 0 Å². The monoisotopic (exact) mass is 587 g/mol. The van der Waals surface area contributed by atoms with E-state index in [1.165, 1.54) is 34.9 Å². The Bertz CT molecular complexity index is 1370. The zero-order chi connectivity index (χ0) is 27.6. The molecule has 4 aromatic rings. The fraction of sp³-hybridized carbons (Fsp3) is 0.480. The molecule has 5 heterocycles. The summed E-state index contributed by atoms with van der Waals surface area (Å²) in [5.74, 6) is 0. The number of hydrogen-bond donors (Lipinski definition) is 3. The zero-order valence-corrected chi connectivity index (χ0v) is 23.1. The first-order valence-corrected chi connectivity index (χ1v) is 14.6. The van der Waals surface area contributed by atoms with Crippen LogP contribution in [-0.4, -0.2) is 112 Å². The van der Waals surface area contributed by atoms with Crippen LogP contribution < -0.4 is 0 Å². The normalized spacial score (nSPS) is 30.9. The molecule has 2 saturated heterocycles. The van der Waals surface area contributed by atoms with Crippen molar-refractivity contribution >= 4 is 23.1 Å². The van der Waals surface area contributed by atoms with Gasteiger partial charge in [0.15, 0.2) is 0 Å². The first-order valence-electron chi connectivity index (χ1n) is 12.7. The standard InChI is InChI=1S/C25H29N7O6S2/c1-36-23-20(32-10-16(28-30-32)24-26-7-8-39-24)22(35)18(11-33)38-25(23)40-19-13-37-12-17(21(19)34)31-9-15(27-29-31)14-5-3-2-4-6-14/h2-10,17-23,25,33-35H,11-13H2,1H3. The van der Waals surface area contributed by atoms with E-state index >= 15 is 0 Å². The molecule has 1 aromatic carbocycles. The highest BCUT2D eigenvalue weighted by atomic mass is 32.2. The van der Waals surface area contributed by atoms with Crippen LogP contribution in [0.15, 0.2) is 54.3 Å². The summed E-state index contributed by atoms with van der Waals surface area (Å²) in [7, 11) is 1.52. The Morgan fingerprint density at radius 1 is 1.05 bits per heavy atom. The Hall–Kier alpha value is -2.76. The second-order valence-corrected chi connectivity index (χ2v) is 11.8. The second kappa shape index (κ2) is 12.0. The summed E-state index contributed by atoms with van der Waals surface area (Å²) >= 11 is 2.76.